The molecule has 0 saturated carbocycles. The van der Waals surface area contributed by atoms with Crippen molar-refractivity contribution in [2.75, 3.05) is 18.9 Å². The monoisotopic (exact) mass is 352 g/mol. The zero-order valence-corrected chi connectivity index (χ0v) is 15.4. The third kappa shape index (κ3) is 3.80. The Hall–Kier alpha value is -2.60. The predicted octanol–water partition coefficient (Wildman–Crippen LogP) is 3.03. The van der Waals surface area contributed by atoms with Crippen molar-refractivity contribution in [3.8, 4) is 0 Å². The molecule has 6 nitrogen and oxygen atoms in total. The summed E-state index contributed by atoms with van der Waals surface area (Å²) in [5, 5.41) is 2.75. The van der Waals surface area contributed by atoms with Gasteiger partial charge in [-0.25, -0.2) is 4.98 Å². The van der Waals surface area contributed by atoms with E-state index >= 15 is 0 Å². The molecule has 0 radical (unpaired) electrons. The molecule has 0 unspecified atom stereocenters. The Morgan fingerprint density at radius 3 is 2.65 bits per heavy atom. The molecule has 0 bridgehead atoms. The van der Waals surface area contributed by atoms with Gasteiger partial charge in [0.1, 0.15) is 11.5 Å². The summed E-state index contributed by atoms with van der Waals surface area (Å²) in [7, 11) is 2.09. The summed E-state index contributed by atoms with van der Waals surface area (Å²) in [5.41, 5.74) is 0.471. The molecule has 1 saturated heterocycles. The third-order valence-corrected chi connectivity index (χ3v) is 5.23. The van der Waals surface area contributed by atoms with Crippen LogP contribution in [0.25, 0.3) is 0 Å². The van der Waals surface area contributed by atoms with Crippen LogP contribution in [-0.2, 0) is 0 Å². The molecule has 6 heteroatoms. The SMILES string of the molecule is C[C@H]1C[C@](C)(C(=O)c2cccc(NC(=O)c3ccncc3)n2)CCN1C. The summed E-state index contributed by atoms with van der Waals surface area (Å²) in [5.74, 6) is 0.142. The van der Waals surface area contributed by atoms with Crippen molar-refractivity contribution in [2.24, 2.45) is 5.41 Å². The second-order valence-corrected chi connectivity index (χ2v) is 7.27. The van der Waals surface area contributed by atoms with Crippen molar-refractivity contribution >= 4 is 17.5 Å². The Kier molecular flexibility index (Phi) is 5.13. The van der Waals surface area contributed by atoms with E-state index in [0.717, 1.165) is 19.4 Å². The molecule has 1 fully saturated rings. The molecule has 1 N–H and O–H groups in total. The van der Waals surface area contributed by atoms with Gasteiger partial charge in [-0.2, -0.15) is 0 Å². The average Bonchev–Trinajstić information content (AvgIpc) is 2.65. The van der Waals surface area contributed by atoms with Gasteiger partial charge in [-0.3, -0.25) is 14.6 Å². The number of ketones is 1. The first kappa shape index (κ1) is 18.2. The molecule has 1 aliphatic rings. The summed E-state index contributed by atoms with van der Waals surface area (Å²) in [6, 6.07) is 8.78. The minimum absolute atomic E-state index is 0.0393. The summed E-state index contributed by atoms with van der Waals surface area (Å²) in [6.45, 7) is 5.05. The number of nitrogens with zero attached hydrogens (tertiary/aromatic N) is 3. The Morgan fingerprint density at radius 1 is 1.23 bits per heavy atom. The van der Waals surface area contributed by atoms with Crippen molar-refractivity contribution in [3.63, 3.8) is 0 Å². The first-order valence-electron chi connectivity index (χ1n) is 8.82. The molecule has 3 rings (SSSR count). The van der Waals surface area contributed by atoms with Crippen LogP contribution in [0.1, 0.15) is 47.5 Å². The molecule has 3 heterocycles. The molecule has 136 valence electrons. The maximum atomic E-state index is 13.1. The van der Waals surface area contributed by atoms with Crippen LogP contribution in [-0.4, -0.2) is 46.2 Å². The Bertz CT molecular complexity index is 808. The third-order valence-electron chi connectivity index (χ3n) is 5.23. The number of aromatic nitrogens is 2. The number of amides is 1. The van der Waals surface area contributed by atoms with Crippen molar-refractivity contribution in [3.05, 3.63) is 54.0 Å². The summed E-state index contributed by atoms with van der Waals surface area (Å²) in [4.78, 5) is 35.9. The van der Waals surface area contributed by atoms with Gasteiger partial charge < -0.3 is 10.2 Å². The fourth-order valence-electron chi connectivity index (χ4n) is 3.39. The second kappa shape index (κ2) is 7.33. The topological polar surface area (TPSA) is 75.2 Å². The van der Waals surface area contributed by atoms with Crippen LogP contribution in [0.3, 0.4) is 0 Å². The van der Waals surface area contributed by atoms with E-state index in [-0.39, 0.29) is 11.7 Å². The number of pyridine rings is 2. The lowest BCUT2D eigenvalue weighted by Gasteiger charge is -2.41. The number of carbonyl (C=O) groups excluding carboxylic acids is 2. The molecule has 2 aromatic rings. The Balaban J connectivity index is 1.77. The van der Waals surface area contributed by atoms with Gasteiger partial charge in [0, 0.05) is 29.4 Å². The molecule has 26 heavy (non-hydrogen) atoms. The van der Waals surface area contributed by atoms with E-state index < -0.39 is 5.41 Å². The van der Waals surface area contributed by atoms with Gasteiger partial charge in [0.25, 0.3) is 5.91 Å². The van der Waals surface area contributed by atoms with Crippen LogP contribution in [0.4, 0.5) is 5.82 Å². The van der Waals surface area contributed by atoms with Crippen LogP contribution in [0.15, 0.2) is 42.7 Å². The number of anilines is 1. The molecule has 1 aliphatic heterocycles. The number of carbonyl (C=O) groups is 2. The van der Waals surface area contributed by atoms with Gasteiger partial charge in [-0.15, -0.1) is 0 Å². The maximum absolute atomic E-state index is 13.1. The summed E-state index contributed by atoms with van der Waals surface area (Å²) in [6.07, 6.45) is 4.73. The highest BCUT2D eigenvalue weighted by molar-refractivity contribution is 6.04. The van der Waals surface area contributed by atoms with Gasteiger partial charge in [-0.1, -0.05) is 13.0 Å². The zero-order chi connectivity index (χ0) is 18.7. The average molecular weight is 352 g/mol. The number of piperidine rings is 1. The smallest absolute Gasteiger partial charge is 0.256 e. The molecular formula is C20H24N4O2. The number of Topliss-reactive ketones (excluding diaryl/α,β-unsaturated/α-hetero) is 1. The van der Waals surface area contributed by atoms with E-state index in [4.69, 9.17) is 0 Å². The number of hydrogen-bond acceptors (Lipinski definition) is 5. The fraction of sp³-hybridized carbons (Fsp3) is 0.400. The van der Waals surface area contributed by atoms with Crippen LogP contribution in [0.5, 0.6) is 0 Å². The number of hydrogen-bond donors (Lipinski definition) is 1. The highest BCUT2D eigenvalue weighted by Crippen LogP contribution is 2.36. The Labute approximate surface area is 153 Å². The summed E-state index contributed by atoms with van der Waals surface area (Å²) < 4.78 is 0. The van der Waals surface area contributed by atoms with Crippen LogP contribution in [0, 0.1) is 5.41 Å². The Morgan fingerprint density at radius 2 is 1.96 bits per heavy atom. The van der Waals surface area contributed by atoms with E-state index in [1.807, 2.05) is 6.92 Å². The van der Waals surface area contributed by atoms with E-state index in [2.05, 4.69) is 34.2 Å². The van der Waals surface area contributed by atoms with E-state index in [9.17, 15) is 9.59 Å². The quantitative estimate of drug-likeness (QED) is 0.856. The highest BCUT2D eigenvalue weighted by atomic mass is 16.1. The first-order valence-corrected chi connectivity index (χ1v) is 8.82. The zero-order valence-electron chi connectivity index (χ0n) is 15.4. The molecule has 2 atom stereocenters. The number of nitrogens with one attached hydrogen (secondary N) is 1. The number of likely N-dealkylation sites (tertiary alicyclic amines) is 1. The molecule has 2 aromatic heterocycles. The molecule has 0 aliphatic carbocycles. The van der Waals surface area contributed by atoms with Gasteiger partial charge in [0.15, 0.2) is 5.78 Å². The van der Waals surface area contributed by atoms with Crippen molar-refractivity contribution < 1.29 is 9.59 Å². The highest BCUT2D eigenvalue weighted by Gasteiger charge is 2.40. The minimum Gasteiger partial charge on any atom is -0.307 e. The van der Waals surface area contributed by atoms with Crippen molar-refractivity contribution in [1.82, 2.24) is 14.9 Å². The van der Waals surface area contributed by atoms with E-state index in [1.54, 1.807) is 42.7 Å². The number of rotatable bonds is 4. The molecule has 1 amide bonds. The standard InChI is InChI=1S/C20H24N4O2/c1-14-13-20(2,9-12-24(14)3)18(25)16-5-4-6-17(22-16)23-19(26)15-7-10-21-11-8-15/h4-8,10-11,14H,9,12-13H2,1-3H3,(H,22,23,26)/t14-,20+/m0/s1. The van der Waals surface area contributed by atoms with Crippen LogP contribution < -0.4 is 5.32 Å². The molecule has 0 aromatic carbocycles. The lowest BCUT2D eigenvalue weighted by molar-refractivity contribution is 0.0559. The summed E-state index contributed by atoms with van der Waals surface area (Å²) >= 11 is 0. The van der Waals surface area contributed by atoms with Crippen molar-refractivity contribution in [1.29, 1.82) is 0 Å². The normalized spacial score (nSPS) is 23.4. The van der Waals surface area contributed by atoms with Crippen molar-refractivity contribution in [2.45, 2.75) is 32.7 Å². The van der Waals surface area contributed by atoms with Crippen LogP contribution >= 0.6 is 0 Å². The first-order chi connectivity index (χ1) is 12.4. The molecule has 0 spiro atoms. The predicted molar refractivity (Wildman–Crippen MR) is 100 cm³/mol. The van der Waals surface area contributed by atoms with Gasteiger partial charge in [0.05, 0.1) is 0 Å². The van der Waals surface area contributed by atoms with E-state index in [0.29, 0.717) is 23.1 Å². The van der Waals surface area contributed by atoms with Crippen LogP contribution in [0.2, 0.25) is 0 Å². The lowest BCUT2D eigenvalue weighted by atomic mass is 9.73. The van der Waals surface area contributed by atoms with Gasteiger partial charge >= 0.3 is 0 Å². The lowest BCUT2D eigenvalue weighted by Crippen LogP contribution is -2.46. The maximum Gasteiger partial charge on any atom is 0.256 e. The fourth-order valence-corrected chi connectivity index (χ4v) is 3.39. The minimum atomic E-state index is -0.424. The molecular weight excluding hydrogens is 328 g/mol. The largest absolute Gasteiger partial charge is 0.307 e. The van der Waals surface area contributed by atoms with Gasteiger partial charge in [0.2, 0.25) is 0 Å². The van der Waals surface area contributed by atoms with Gasteiger partial charge in [-0.05, 0) is 57.6 Å². The second-order valence-electron chi connectivity index (χ2n) is 7.27. The van der Waals surface area contributed by atoms with E-state index in [1.165, 1.54) is 0 Å².